The summed E-state index contributed by atoms with van der Waals surface area (Å²) in [6.07, 6.45) is 3.35. The van der Waals surface area contributed by atoms with Crippen molar-refractivity contribution >= 4 is 11.7 Å². The first-order valence-corrected chi connectivity index (χ1v) is 10.6. The van der Waals surface area contributed by atoms with Crippen molar-refractivity contribution in [2.75, 3.05) is 5.32 Å². The Morgan fingerprint density at radius 1 is 1.09 bits per heavy atom. The fourth-order valence-corrected chi connectivity index (χ4v) is 3.63. The lowest BCUT2D eigenvalue weighted by Crippen LogP contribution is -2.28. The van der Waals surface area contributed by atoms with Crippen LogP contribution in [-0.4, -0.2) is 35.2 Å². The zero-order chi connectivity index (χ0) is 23.7. The van der Waals surface area contributed by atoms with E-state index in [-0.39, 0.29) is 11.6 Å². The van der Waals surface area contributed by atoms with Gasteiger partial charge in [0.1, 0.15) is 23.4 Å². The van der Waals surface area contributed by atoms with Crippen LogP contribution in [0, 0.1) is 13.8 Å². The van der Waals surface area contributed by atoms with Crippen molar-refractivity contribution in [2.45, 2.75) is 33.7 Å². The maximum absolute atomic E-state index is 13.1. The number of amides is 1. The second-order valence-corrected chi connectivity index (χ2v) is 8.16. The van der Waals surface area contributed by atoms with Crippen LogP contribution in [0.4, 0.5) is 5.82 Å². The third-order valence-corrected chi connectivity index (χ3v) is 5.31. The summed E-state index contributed by atoms with van der Waals surface area (Å²) in [4.78, 5) is 34.8. The van der Waals surface area contributed by atoms with Crippen LogP contribution in [-0.2, 0) is 7.05 Å². The fourth-order valence-electron chi connectivity index (χ4n) is 3.63. The van der Waals surface area contributed by atoms with E-state index in [1.807, 2.05) is 44.4 Å². The molecule has 0 saturated carbocycles. The first-order valence-electron chi connectivity index (χ1n) is 10.6. The molecular formula is C24H25N7O2. The van der Waals surface area contributed by atoms with Crippen molar-refractivity contribution in [3.05, 3.63) is 76.2 Å². The number of rotatable bonds is 5. The molecule has 33 heavy (non-hydrogen) atoms. The Kier molecular flexibility index (Phi) is 5.87. The highest BCUT2D eigenvalue weighted by atomic mass is 16.2. The summed E-state index contributed by atoms with van der Waals surface area (Å²) < 4.78 is 3.30. The Balaban J connectivity index is 1.67. The highest BCUT2D eigenvalue weighted by molar-refractivity contribution is 6.04. The highest BCUT2D eigenvalue weighted by Crippen LogP contribution is 2.23. The number of anilines is 1. The van der Waals surface area contributed by atoms with Crippen LogP contribution in [0.25, 0.3) is 22.6 Å². The molecule has 1 N–H and O–H groups in total. The van der Waals surface area contributed by atoms with E-state index in [9.17, 15) is 9.59 Å². The van der Waals surface area contributed by atoms with Gasteiger partial charge in [0.05, 0.1) is 0 Å². The summed E-state index contributed by atoms with van der Waals surface area (Å²) in [5.41, 5.74) is 3.51. The highest BCUT2D eigenvalue weighted by Gasteiger charge is 2.17. The number of nitrogens with one attached hydrogen (secondary N) is 1. The van der Waals surface area contributed by atoms with Crippen LogP contribution in [0.2, 0.25) is 0 Å². The number of carbonyl (C=O) groups excluding carboxylic acids is 1. The van der Waals surface area contributed by atoms with Gasteiger partial charge in [-0.3, -0.25) is 14.6 Å². The zero-order valence-electron chi connectivity index (χ0n) is 19.2. The molecule has 0 unspecified atom stereocenters. The molecule has 0 bridgehead atoms. The van der Waals surface area contributed by atoms with Gasteiger partial charge in [-0.25, -0.2) is 4.98 Å². The van der Waals surface area contributed by atoms with Gasteiger partial charge in [-0.1, -0.05) is 12.1 Å². The molecule has 0 spiro atoms. The van der Waals surface area contributed by atoms with Crippen LogP contribution in [0.1, 0.15) is 41.6 Å². The lowest BCUT2D eigenvalue weighted by atomic mass is 10.0. The predicted molar refractivity (Wildman–Crippen MR) is 126 cm³/mol. The molecule has 4 aromatic rings. The third kappa shape index (κ3) is 4.43. The Morgan fingerprint density at radius 3 is 2.61 bits per heavy atom. The Hall–Kier alpha value is -4.14. The largest absolute Gasteiger partial charge is 0.317 e. The summed E-state index contributed by atoms with van der Waals surface area (Å²) >= 11 is 0. The van der Waals surface area contributed by atoms with Gasteiger partial charge in [0.25, 0.3) is 11.5 Å². The number of hydrogen-bond donors (Lipinski definition) is 1. The second kappa shape index (κ2) is 8.78. The van der Waals surface area contributed by atoms with Gasteiger partial charge in [-0.05, 0) is 52.0 Å². The second-order valence-electron chi connectivity index (χ2n) is 8.16. The summed E-state index contributed by atoms with van der Waals surface area (Å²) in [6.45, 7) is 7.86. The molecule has 9 nitrogen and oxygen atoms in total. The van der Waals surface area contributed by atoms with Crippen molar-refractivity contribution in [1.29, 1.82) is 0 Å². The van der Waals surface area contributed by atoms with Crippen LogP contribution in [0.3, 0.4) is 0 Å². The Labute approximate surface area is 191 Å². The normalized spacial score (nSPS) is 11.1. The molecule has 0 aliphatic heterocycles. The SMILES string of the molecule is Cc1ccc(-c2cc(C(=O)Nc3cccc(-c4nncn4C(C)C)n3)c(=O)n(C)c2)c(C)n1. The van der Waals surface area contributed by atoms with Crippen LogP contribution in [0.15, 0.2) is 53.7 Å². The summed E-state index contributed by atoms with van der Waals surface area (Å²) in [7, 11) is 1.62. The van der Waals surface area contributed by atoms with E-state index in [0.29, 0.717) is 17.3 Å². The minimum atomic E-state index is -0.537. The molecule has 4 heterocycles. The van der Waals surface area contributed by atoms with E-state index >= 15 is 0 Å². The van der Waals surface area contributed by atoms with Crippen LogP contribution < -0.4 is 10.9 Å². The molecule has 0 aromatic carbocycles. The first kappa shape index (κ1) is 22.1. The number of aryl methyl sites for hydroxylation is 3. The average molecular weight is 444 g/mol. The number of aromatic nitrogens is 6. The van der Waals surface area contributed by atoms with Gasteiger partial charge in [0.2, 0.25) is 0 Å². The van der Waals surface area contributed by atoms with Gasteiger partial charge >= 0.3 is 0 Å². The van der Waals surface area contributed by atoms with Crippen molar-refractivity contribution in [3.8, 4) is 22.6 Å². The van der Waals surface area contributed by atoms with E-state index in [2.05, 4.69) is 25.5 Å². The van der Waals surface area contributed by atoms with Crippen molar-refractivity contribution in [2.24, 2.45) is 7.05 Å². The Morgan fingerprint density at radius 2 is 1.88 bits per heavy atom. The molecule has 0 fully saturated rings. The van der Waals surface area contributed by atoms with Crippen molar-refractivity contribution < 1.29 is 4.79 Å². The van der Waals surface area contributed by atoms with Crippen molar-refractivity contribution in [3.63, 3.8) is 0 Å². The van der Waals surface area contributed by atoms with E-state index in [1.54, 1.807) is 43.8 Å². The number of pyridine rings is 3. The smallest absolute Gasteiger partial charge is 0.263 e. The standard InChI is InChI=1S/C24H25N7O2/c1-14(2)31-13-25-29-22(31)20-7-6-8-21(27-20)28-23(32)19-11-17(12-30(5)24(19)33)18-10-9-15(3)26-16(18)4/h6-14H,1-5H3,(H,27,28,32). The fraction of sp³-hybridized carbons (Fsp3) is 0.250. The maximum atomic E-state index is 13.1. The van der Waals surface area contributed by atoms with Crippen molar-refractivity contribution in [1.82, 2.24) is 29.3 Å². The minimum Gasteiger partial charge on any atom is -0.317 e. The molecule has 0 aliphatic rings. The van der Waals surface area contributed by atoms with E-state index < -0.39 is 11.5 Å². The van der Waals surface area contributed by atoms with Gasteiger partial charge in [-0.15, -0.1) is 10.2 Å². The predicted octanol–water partition coefficient (Wildman–Crippen LogP) is 3.55. The average Bonchev–Trinajstić information content (AvgIpc) is 3.26. The molecule has 1 amide bonds. The van der Waals surface area contributed by atoms with E-state index in [0.717, 1.165) is 22.5 Å². The molecule has 4 aromatic heterocycles. The topological polar surface area (TPSA) is 108 Å². The first-order chi connectivity index (χ1) is 15.7. The van der Waals surface area contributed by atoms with Crippen LogP contribution in [0.5, 0.6) is 0 Å². The molecule has 0 radical (unpaired) electrons. The van der Waals surface area contributed by atoms with Gasteiger partial charge in [0.15, 0.2) is 5.82 Å². The molecule has 9 heteroatoms. The number of nitrogens with zero attached hydrogens (tertiary/aromatic N) is 6. The number of hydrogen-bond acceptors (Lipinski definition) is 6. The summed E-state index contributed by atoms with van der Waals surface area (Å²) in [5, 5.41) is 10.9. The van der Waals surface area contributed by atoms with Crippen LogP contribution >= 0.6 is 0 Å². The summed E-state index contributed by atoms with van der Waals surface area (Å²) in [5.74, 6) is 0.378. The maximum Gasteiger partial charge on any atom is 0.263 e. The molecule has 0 aliphatic carbocycles. The molecule has 0 saturated heterocycles. The lowest BCUT2D eigenvalue weighted by Gasteiger charge is -2.12. The van der Waals surface area contributed by atoms with E-state index in [1.165, 1.54) is 4.57 Å². The molecular weight excluding hydrogens is 418 g/mol. The van der Waals surface area contributed by atoms with E-state index in [4.69, 9.17) is 0 Å². The lowest BCUT2D eigenvalue weighted by molar-refractivity contribution is 0.102. The summed E-state index contributed by atoms with van der Waals surface area (Å²) in [6, 6.07) is 10.8. The number of carbonyl (C=O) groups is 1. The molecule has 168 valence electrons. The zero-order valence-corrected chi connectivity index (χ0v) is 19.2. The quantitative estimate of drug-likeness (QED) is 0.505. The monoisotopic (exact) mass is 443 g/mol. The molecule has 4 rings (SSSR count). The molecule has 0 atom stereocenters. The van der Waals surface area contributed by atoms with Gasteiger partial charge < -0.3 is 14.5 Å². The van der Waals surface area contributed by atoms with Gasteiger partial charge in [-0.2, -0.15) is 0 Å². The minimum absolute atomic E-state index is 0.0209. The Bertz CT molecular complexity index is 1400. The third-order valence-electron chi connectivity index (χ3n) is 5.31. The van der Waals surface area contributed by atoms with Gasteiger partial charge in [0, 0.05) is 41.8 Å².